The highest BCUT2D eigenvalue weighted by molar-refractivity contribution is 7.35. The number of ketones is 1. The fourth-order valence-corrected chi connectivity index (χ4v) is 7.71. The topological polar surface area (TPSA) is 132 Å². The quantitative estimate of drug-likeness (QED) is 0.179. The van der Waals surface area contributed by atoms with Crippen LogP contribution in [0.4, 0.5) is 0 Å². The molecule has 6 rings (SSSR count). The number of benzene rings is 2. The highest BCUT2D eigenvalue weighted by Crippen LogP contribution is 2.34. The molecule has 0 radical (unpaired) electrons. The standard InChI is InChI=1S/C23H31NO4.C23H29NO4.C2H7P/c2*1-14-9-10-18(25)21-19(27-23(4,5)28-21)8-6-7-17-12-15(2)11-16(3)20(17)22(26)24-13-14;1-3-2/h6-7,9-12,14,18-19,21,25H,8,13H2,1-5H3,(H,24,26);6-7,9-12,14,19,21H,8,13H2,1-5H3,(H,24,26);3H,1-2H3/b2*7-6+,10-9-;/t14-,18?,19+,21?;14-,19+,21?;/m11./s1. The third-order valence-corrected chi connectivity index (χ3v) is 10.2. The number of rotatable bonds is 0. The van der Waals surface area contributed by atoms with Crippen LogP contribution in [0.5, 0.6) is 0 Å². The second-order valence-corrected chi connectivity index (χ2v) is 18.1. The smallest absolute Gasteiger partial charge is 0.252 e. The van der Waals surface area contributed by atoms with Gasteiger partial charge in [0.25, 0.3) is 11.8 Å². The van der Waals surface area contributed by atoms with Crippen molar-refractivity contribution in [2.24, 2.45) is 11.8 Å². The summed E-state index contributed by atoms with van der Waals surface area (Å²) in [5.41, 5.74) is 7.27. The molecule has 0 aliphatic carbocycles. The van der Waals surface area contributed by atoms with Gasteiger partial charge >= 0.3 is 0 Å². The van der Waals surface area contributed by atoms with Crippen LogP contribution < -0.4 is 10.6 Å². The molecule has 4 heterocycles. The van der Waals surface area contributed by atoms with E-state index in [2.05, 4.69) is 24.0 Å². The molecule has 7 atom stereocenters. The van der Waals surface area contributed by atoms with Crippen molar-refractivity contribution in [2.45, 2.75) is 124 Å². The molecule has 59 heavy (non-hydrogen) atoms. The average Bonchev–Trinajstić information content (AvgIpc) is 3.63. The molecule has 4 aliphatic rings. The molecule has 322 valence electrons. The molecular weight excluding hydrogens is 764 g/mol. The first-order chi connectivity index (χ1) is 27.7. The van der Waals surface area contributed by atoms with Gasteiger partial charge in [-0.15, -0.1) is 8.58 Å². The molecule has 2 amide bonds. The number of aryl methyl sites for hydroxylation is 4. The number of hydrogen-bond acceptors (Lipinski definition) is 8. The molecule has 2 saturated heterocycles. The lowest BCUT2D eigenvalue weighted by atomic mass is 9.96. The van der Waals surface area contributed by atoms with Crippen molar-refractivity contribution in [1.82, 2.24) is 10.6 Å². The van der Waals surface area contributed by atoms with Gasteiger partial charge in [0, 0.05) is 24.2 Å². The van der Waals surface area contributed by atoms with E-state index in [1.807, 2.05) is 130 Å². The van der Waals surface area contributed by atoms with Crippen LogP contribution in [0.3, 0.4) is 0 Å². The second-order valence-electron chi connectivity index (χ2n) is 17.1. The Morgan fingerprint density at radius 2 is 1.10 bits per heavy atom. The third-order valence-electron chi connectivity index (χ3n) is 10.2. The number of hydrogen-bond donors (Lipinski definition) is 3. The van der Waals surface area contributed by atoms with Gasteiger partial charge < -0.3 is 34.7 Å². The number of nitrogens with one attached hydrogen (secondary N) is 2. The maximum atomic E-state index is 12.8. The molecule has 2 aromatic carbocycles. The lowest BCUT2D eigenvalue weighted by molar-refractivity contribution is -0.152. The van der Waals surface area contributed by atoms with Crippen molar-refractivity contribution in [3.8, 4) is 0 Å². The Morgan fingerprint density at radius 1 is 0.644 bits per heavy atom. The lowest BCUT2D eigenvalue weighted by Crippen LogP contribution is -2.34. The number of aliphatic hydroxyl groups is 1. The minimum absolute atomic E-state index is 0.0226. The average molecular weight is 831 g/mol. The highest BCUT2D eigenvalue weighted by Gasteiger charge is 2.44. The van der Waals surface area contributed by atoms with Crippen LogP contribution in [0.1, 0.15) is 108 Å². The molecule has 0 spiro atoms. The van der Waals surface area contributed by atoms with E-state index in [1.165, 1.54) is 0 Å². The van der Waals surface area contributed by atoms with E-state index >= 15 is 0 Å². The van der Waals surface area contributed by atoms with Gasteiger partial charge in [-0.2, -0.15) is 0 Å². The molecule has 3 N–H and O–H groups in total. The molecule has 10 nitrogen and oxygen atoms in total. The summed E-state index contributed by atoms with van der Waals surface area (Å²) >= 11 is 0. The monoisotopic (exact) mass is 830 g/mol. The lowest BCUT2D eigenvalue weighted by Gasteiger charge is -2.20. The van der Waals surface area contributed by atoms with Crippen LogP contribution in [-0.4, -0.2) is 91.2 Å². The van der Waals surface area contributed by atoms with Gasteiger partial charge in [-0.1, -0.05) is 91.8 Å². The summed E-state index contributed by atoms with van der Waals surface area (Å²) in [4.78, 5) is 38.3. The number of amides is 2. The number of fused-ring (bicyclic) bond motifs is 4. The Balaban J connectivity index is 0.000000244. The Labute approximate surface area is 354 Å². The minimum Gasteiger partial charge on any atom is -0.386 e. The van der Waals surface area contributed by atoms with Crippen molar-refractivity contribution < 1.29 is 38.4 Å². The Bertz CT molecular complexity index is 1930. The van der Waals surface area contributed by atoms with Crippen molar-refractivity contribution in [1.29, 1.82) is 0 Å². The van der Waals surface area contributed by atoms with Crippen LogP contribution >= 0.6 is 8.58 Å². The van der Waals surface area contributed by atoms with Gasteiger partial charge in [-0.05, 0) is 122 Å². The van der Waals surface area contributed by atoms with Crippen molar-refractivity contribution >= 4 is 38.3 Å². The molecule has 0 saturated carbocycles. The summed E-state index contributed by atoms with van der Waals surface area (Å²) in [6.07, 6.45) is 13.6. The van der Waals surface area contributed by atoms with E-state index in [9.17, 15) is 19.5 Å². The predicted octanol–water partition coefficient (Wildman–Crippen LogP) is 8.18. The normalized spacial score (nSPS) is 30.0. The van der Waals surface area contributed by atoms with Gasteiger partial charge in [0.2, 0.25) is 0 Å². The number of aliphatic hydroxyl groups excluding tert-OH is 1. The first-order valence-electron chi connectivity index (χ1n) is 20.7. The van der Waals surface area contributed by atoms with Crippen LogP contribution in [0.25, 0.3) is 12.2 Å². The summed E-state index contributed by atoms with van der Waals surface area (Å²) < 4.78 is 23.8. The number of carbonyl (C=O) groups is 3. The summed E-state index contributed by atoms with van der Waals surface area (Å²) in [7, 11) is 1.08. The number of carbonyl (C=O) groups excluding carboxylic acids is 3. The van der Waals surface area contributed by atoms with Gasteiger partial charge in [0.05, 0.1) is 12.2 Å². The first kappa shape index (κ1) is 47.9. The SMILES string of the molecule is CPC.Cc1cc(C)c2c(c1)/C=C/C[C@@H]1OC(C)(C)OC1C(=O)/C=C\[C@@H](C)CNC2=O.Cc1cc(C)c2c(c1)/C=C/C[C@@H]1OC(C)(C)OC1C(O)/C=C\[C@@H](C)CNC2=O. The van der Waals surface area contributed by atoms with Gasteiger partial charge in [-0.25, -0.2) is 0 Å². The molecule has 11 heteroatoms. The molecule has 3 unspecified atom stereocenters. The maximum absolute atomic E-state index is 12.8. The fourth-order valence-electron chi connectivity index (χ4n) is 7.71. The maximum Gasteiger partial charge on any atom is 0.252 e. The summed E-state index contributed by atoms with van der Waals surface area (Å²) in [5.74, 6) is -1.70. The van der Waals surface area contributed by atoms with Crippen molar-refractivity contribution in [2.75, 3.05) is 26.4 Å². The van der Waals surface area contributed by atoms with Crippen molar-refractivity contribution in [3.05, 3.63) is 105 Å². The van der Waals surface area contributed by atoms with E-state index in [0.717, 1.165) is 42.0 Å². The summed E-state index contributed by atoms with van der Waals surface area (Å²) in [5, 5.41) is 16.6. The zero-order chi connectivity index (χ0) is 43.7. The second kappa shape index (κ2) is 21.2. The Kier molecular flexibility index (Phi) is 17.2. The Morgan fingerprint density at radius 3 is 1.63 bits per heavy atom. The third kappa shape index (κ3) is 13.6. The molecule has 0 aromatic heterocycles. The van der Waals surface area contributed by atoms with Gasteiger partial charge in [-0.3, -0.25) is 14.4 Å². The highest BCUT2D eigenvalue weighted by atomic mass is 31.1. The van der Waals surface area contributed by atoms with Crippen LogP contribution in [0, 0.1) is 39.5 Å². The van der Waals surface area contributed by atoms with E-state index in [-0.39, 0.29) is 41.6 Å². The predicted molar refractivity (Wildman–Crippen MR) is 239 cm³/mol. The van der Waals surface area contributed by atoms with Crippen LogP contribution in [-0.2, 0) is 23.7 Å². The van der Waals surface area contributed by atoms with E-state index in [1.54, 1.807) is 12.2 Å². The largest absolute Gasteiger partial charge is 0.386 e. The first-order valence-corrected chi connectivity index (χ1v) is 22.7. The van der Waals surface area contributed by atoms with E-state index < -0.39 is 29.9 Å². The number of ether oxygens (including phenoxy) is 4. The zero-order valence-corrected chi connectivity index (χ0v) is 38.1. The molecule has 4 aliphatic heterocycles. The molecule has 0 bridgehead atoms. The minimum atomic E-state index is -0.797. The zero-order valence-electron chi connectivity index (χ0n) is 37.1. The molecular formula is C48H67N2O8P. The van der Waals surface area contributed by atoms with E-state index in [0.29, 0.717) is 37.1 Å². The van der Waals surface area contributed by atoms with Crippen LogP contribution in [0.2, 0.25) is 0 Å². The molecule has 2 aromatic rings. The van der Waals surface area contributed by atoms with Crippen LogP contribution in [0.15, 0.2) is 60.7 Å². The van der Waals surface area contributed by atoms with Gasteiger partial charge in [0.1, 0.15) is 18.3 Å². The fraction of sp³-hybridized carbons (Fsp3) is 0.521. The molecule has 2 fully saturated rings. The van der Waals surface area contributed by atoms with Gasteiger partial charge in [0.15, 0.2) is 17.4 Å². The summed E-state index contributed by atoms with van der Waals surface area (Å²) in [6, 6.07) is 8.08. The Hall–Kier alpha value is -3.76. The van der Waals surface area contributed by atoms with E-state index in [4.69, 9.17) is 18.9 Å². The summed E-state index contributed by atoms with van der Waals surface area (Å²) in [6.45, 7) is 24.6. The van der Waals surface area contributed by atoms with Crippen molar-refractivity contribution in [3.63, 3.8) is 0 Å².